The molecule has 4 heterocycles. The number of hydrogen-bond donors (Lipinski definition) is 1. The van der Waals surface area contributed by atoms with Crippen molar-refractivity contribution in [3.8, 4) is 0 Å². The van der Waals surface area contributed by atoms with Crippen LogP contribution in [-0.2, 0) is 19.3 Å². The third kappa shape index (κ3) is 2.66. The summed E-state index contributed by atoms with van der Waals surface area (Å²) in [4.78, 5) is 6.69. The molecule has 0 radical (unpaired) electrons. The molecule has 28 heavy (non-hydrogen) atoms. The molecule has 7 nitrogen and oxygen atoms in total. The van der Waals surface area contributed by atoms with Crippen molar-refractivity contribution in [1.29, 1.82) is 0 Å². The second-order valence-electron chi connectivity index (χ2n) is 9.32. The zero-order valence-electron chi connectivity index (χ0n) is 15.9. The Bertz CT molecular complexity index is 863. The quantitative estimate of drug-likeness (QED) is 0.780. The normalized spacial score (nSPS) is 35.9. The van der Waals surface area contributed by atoms with Crippen LogP contribution in [0.2, 0.25) is 0 Å². The summed E-state index contributed by atoms with van der Waals surface area (Å²) in [6.07, 6.45) is 6.70. The summed E-state index contributed by atoms with van der Waals surface area (Å²) in [5, 5.41) is 3.75. The topological polar surface area (TPSA) is 80.8 Å². The molecule has 2 aliphatic carbocycles. The second-order valence-corrected chi connectivity index (χ2v) is 12.6. The Morgan fingerprint density at radius 3 is 2.75 bits per heavy atom. The van der Waals surface area contributed by atoms with Crippen molar-refractivity contribution in [2.75, 3.05) is 39.5 Å². The SMILES string of the molecule is O=S(=O)(c1cnc(C2CC2)s1)C1N(C2CC3(COC3)C2)CCC12CNCCO2. The fraction of sp³-hybridized carbons (Fsp3) is 0.842. The molecule has 5 aliphatic rings. The average molecular weight is 426 g/mol. The van der Waals surface area contributed by atoms with E-state index in [9.17, 15) is 8.42 Å². The van der Waals surface area contributed by atoms with E-state index in [1.807, 2.05) is 0 Å². The number of sulfone groups is 1. The number of morpholine rings is 1. The molecule has 2 unspecified atom stereocenters. The highest BCUT2D eigenvalue weighted by molar-refractivity contribution is 7.94. The van der Waals surface area contributed by atoms with Gasteiger partial charge in [-0.05, 0) is 32.1 Å². The van der Waals surface area contributed by atoms with Crippen molar-refractivity contribution < 1.29 is 17.9 Å². The Labute approximate surface area is 169 Å². The van der Waals surface area contributed by atoms with Gasteiger partial charge in [0, 0.05) is 37.0 Å². The number of aromatic nitrogens is 1. The van der Waals surface area contributed by atoms with Crippen LogP contribution < -0.4 is 5.32 Å². The summed E-state index contributed by atoms with van der Waals surface area (Å²) in [5.74, 6) is 0.472. The number of hydrogen-bond acceptors (Lipinski definition) is 8. The Morgan fingerprint density at radius 2 is 2.11 bits per heavy atom. The van der Waals surface area contributed by atoms with Crippen LogP contribution in [0.1, 0.15) is 43.0 Å². The molecule has 1 N–H and O–H groups in total. The maximum absolute atomic E-state index is 13.9. The van der Waals surface area contributed by atoms with E-state index in [1.165, 1.54) is 11.3 Å². The number of thiazole rings is 1. The van der Waals surface area contributed by atoms with Crippen molar-refractivity contribution in [1.82, 2.24) is 15.2 Å². The van der Waals surface area contributed by atoms with Gasteiger partial charge in [0.25, 0.3) is 0 Å². The van der Waals surface area contributed by atoms with Crippen LogP contribution >= 0.6 is 11.3 Å². The summed E-state index contributed by atoms with van der Waals surface area (Å²) in [7, 11) is -3.54. The van der Waals surface area contributed by atoms with Crippen LogP contribution in [0.4, 0.5) is 0 Å². The van der Waals surface area contributed by atoms with Crippen LogP contribution in [0.25, 0.3) is 0 Å². The number of likely N-dealkylation sites (tertiary alicyclic amines) is 1. The van der Waals surface area contributed by atoms with Crippen molar-refractivity contribution in [2.45, 2.75) is 59.2 Å². The summed E-state index contributed by atoms with van der Waals surface area (Å²) in [5.41, 5.74) is -0.344. The number of nitrogens with one attached hydrogen (secondary N) is 1. The Morgan fingerprint density at radius 1 is 1.29 bits per heavy atom. The molecular weight excluding hydrogens is 398 g/mol. The summed E-state index contributed by atoms with van der Waals surface area (Å²) in [6.45, 7) is 4.39. The molecule has 0 aromatic carbocycles. The number of nitrogens with zero attached hydrogens (tertiary/aromatic N) is 2. The molecule has 154 valence electrons. The molecule has 2 atom stereocenters. The molecular formula is C19H27N3O4S2. The first-order chi connectivity index (χ1) is 13.5. The van der Waals surface area contributed by atoms with E-state index in [-0.39, 0.29) is 0 Å². The van der Waals surface area contributed by atoms with Gasteiger partial charge in [-0.2, -0.15) is 0 Å². The van der Waals surface area contributed by atoms with Crippen molar-refractivity contribution in [3.05, 3.63) is 11.2 Å². The molecule has 6 rings (SSSR count). The van der Waals surface area contributed by atoms with Crippen LogP contribution in [0.5, 0.6) is 0 Å². The zero-order chi connectivity index (χ0) is 19.0. The predicted molar refractivity (Wildman–Crippen MR) is 104 cm³/mol. The van der Waals surface area contributed by atoms with E-state index in [0.717, 1.165) is 63.4 Å². The highest BCUT2D eigenvalue weighted by Gasteiger charge is 2.62. The van der Waals surface area contributed by atoms with E-state index in [1.54, 1.807) is 6.20 Å². The molecule has 0 amide bonds. The fourth-order valence-corrected chi connectivity index (χ4v) is 9.23. The molecule has 0 bridgehead atoms. The van der Waals surface area contributed by atoms with Gasteiger partial charge in [-0.1, -0.05) is 0 Å². The van der Waals surface area contributed by atoms with Gasteiger partial charge in [0.15, 0.2) is 0 Å². The first kappa shape index (κ1) is 18.2. The van der Waals surface area contributed by atoms with E-state index < -0.39 is 20.8 Å². The minimum atomic E-state index is -3.54. The third-order valence-electron chi connectivity index (χ3n) is 7.26. The van der Waals surface area contributed by atoms with Crippen LogP contribution in [0.3, 0.4) is 0 Å². The number of ether oxygens (including phenoxy) is 2. The molecule has 1 aromatic heterocycles. The van der Waals surface area contributed by atoms with E-state index >= 15 is 0 Å². The lowest BCUT2D eigenvalue weighted by molar-refractivity contribution is -0.186. The van der Waals surface area contributed by atoms with Crippen molar-refractivity contribution in [3.63, 3.8) is 0 Å². The molecule has 3 saturated heterocycles. The maximum atomic E-state index is 13.9. The Balaban J connectivity index is 1.34. The second kappa shape index (κ2) is 6.21. The lowest BCUT2D eigenvalue weighted by Gasteiger charge is -2.57. The van der Waals surface area contributed by atoms with E-state index in [0.29, 0.717) is 34.7 Å². The molecule has 2 saturated carbocycles. The zero-order valence-corrected chi connectivity index (χ0v) is 17.6. The largest absolute Gasteiger partial charge is 0.380 e. The minimum absolute atomic E-state index is 0.310. The molecule has 9 heteroatoms. The van der Waals surface area contributed by atoms with E-state index in [4.69, 9.17) is 9.47 Å². The van der Waals surface area contributed by atoms with Crippen molar-refractivity contribution >= 4 is 21.2 Å². The van der Waals surface area contributed by atoms with Gasteiger partial charge < -0.3 is 14.8 Å². The number of rotatable bonds is 4. The monoisotopic (exact) mass is 425 g/mol. The molecule has 1 aromatic rings. The first-order valence-electron chi connectivity index (χ1n) is 10.4. The maximum Gasteiger partial charge on any atom is 0.208 e. The highest BCUT2D eigenvalue weighted by atomic mass is 32.2. The standard InChI is InChI=1S/C19H27N3O4S2/c23-28(24,15-9-21-16(27-15)13-1-2-13)17-19(10-20-4-6-26-19)3-5-22(17)14-7-18(8-14)11-25-12-18/h9,13-14,17,20H,1-8,10-12H2. The van der Waals surface area contributed by atoms with Crippen LogP contribution in [0, 0.1) is 5.41 Å². The van der Waals surface area contributed by atoms with Gasteiger partial charge in [0.1, 0.15) is 15.2 Å². The van der Waals surface area contributed by atoms with Gasteiger partial charge in [-0.3, -0.25) is 4.90 Å². The minimum Gasteiger partial charge on any atom is -0.380 e. The Kier molecular flexibility index (Phi) is 4.04. The smallest absolute Gasteiger partial charge is 0.208 e. The fourth-order valence-electron chi connectivity index (χ4n) is 5.53. The van der Waals surface area contributed by atoms with E-state index in [2.05, 4.69) is 15.2 Å². The van der Waals surface area contributed by atoms with Gasteiger partial charge in [0.05, 0.1) is 31.0 Å². The molecule has 5 fully saturated rings. The summed E-state index contributed by atoms with van der Waals surface area (Å²) in [6, 6.07) is 0.310. The lowest BCUT2D eigenvalue weighted by Crippen LogP contribution is -2.65. The van der Waals surface area contributed by atoms with Crippen LogP contribution in [-0.4, -0.2) is 74.8 Å². The van der Waals surface area contributed by atoms with Gasteiger partial charge in [-0.25, -0.2) is 13.4 Å². The Hall–Kier alpha value is -0.580. The molecule has 2 spiro atoms. The molecule has 3 aliphatic heterocycles. The highest BCUT2D eigenvalue weighted by Crippen LogP contribution is 2.53. The summed E-state index contributed by atoms with van der Waals surface area (Å²) < 4.78 is 39.8. The average Bonchev–Trinajstić information content (AvgIpc) is 3.22. The third-order valence-corrected chi connectivity index (χ3v) is 11.1. The van der Waals surface area contributed by atoms with Gasteiger partial charge >= 0.3 is 0 Å². The predicted octanol–water partition coefficient (Wildman–Crippen LogP) is 1.36. The van der Waals surface area contributed by atoms with Crippen LogP contribution in [0.15, 0.2) is 10.4 Å². The summed E-state index contributed by atoms with van der Waals surface area (Å²) >= 11 is 1.38. The van der Waals surface area contributed by atoms with Crippen molar-refractivity contribution in [2.24, 2.45) is 5.41 Å². The van der Waals surface area contributed by atoms with Gasteiger partial charge in [0.2, 0.25) is 9.84 Å². The first-order valence-corrected chi connectivity index (χ1v) is 12.8. The van der Waals surface area contributed by atoms with Gasteiger partial charge in [-0.15, -0.1) is 11.3 Å². The lowest BCUT2D eigenvalue weighted by atomic mass is 9.63.